The molecule has 1 amide bonds. The number of hydrogen-bond donors (Lipinski definition) is 2. The first-order chi connectivity index (χ1) is 7.66. The smallest absolute Gasteiger partial charge is 0.251 e. The highest BCUT2D eigenvalue weighted by molar-refractivity contribution is 9.10. The number of nitrogens with two attached hydrogens (primary N) is 1. The molecule has 2 rings (SSSR count). The molecular weight excluding hydrogens is 304 g/mol. The van der Waals surface area contributed by atoms with E-state index in [-0.39, 0.29) is 24.4 Å². The first-order valence-electron chi connectivity index (χ1n) is 5.46. The maximum absolute atomic E-state index is 11.8. The Kier molecular flexibility index (Phi) is 5.43. The zero-order chi connectivity index (χ0) is 11.5. The van der Waals surface area contributed by atoms with Crippen LogP contribution in [0, 0.1) is 5.92 Å². The molecule has 1 aliphatic carbocycles. The van der Waals surface area contributed by atoms with Crippen molar-refractivity contribution in [2.24, 2.45) is 11.7 Å². The van der Waals surface area contributed by atoms with E-state index in [4.69, 9.17) is 5.73 Å². The maximum atomic E-state index is 11.8. The topological polar surface area (TPSA) is 55.1 Å². The highest BCUT2D eigenvalue weighted by Crippen LogP contribution is 2.31. The van der Waals surface area contributed by atoms with Crippen molar-refractivity contribution in [2.45, 2.75) is 18.9 Å². The van der Waals surface area contributed by atoms with E-state index >= 15 is 0 Å². The van der Waals surface area contributed by atoms with Crippen LogP contribution in [-0.2, 0) is 0 Å². The molecule has 0 aliphatic heterocycles. The van der Waals surface area contributed by atoms with Crippen molar-refractivity contribution in [2.75, 3.05) is 6.54 Å². The van der Waals surface area contributed by atoms with Crippen molar-refractivity contribution in [3.05, 3.63) is 34.3 Å². The van der Waals surface area contributed by atoms with Crippen molar-refractivity contribution in [1.29, 1.82) is 0 Å². The lowest BCUT2D eigenvalue weighted by Gasteiger charge is -2.11. The van der Waals surface area contributed by atoms with Crippen molar-refractivity contribution in [3.63, 3.8) is 0 Å². The van der Waals surface area contributed by atoms with Crippen LogP contribution >= 0.6 is 28.3 Å². The van der Waals surface area contributed by atoms with Crippen molar-refractivity contribution >= 4 is 34.2 Å². The van der Waals surface area contributed by atoms with E-state index in [0.717, 1.165) is 4.47 Å². The predicted octanol–water partition coefficient (Wildman–Crippen LogP) is 2.34. The number of carbonyl (C=O) groups excluding carboxylic acids is 1. The van der Waals surface area contributed by atoms with E-state index in [2.05, 4.69) is 21.2 Å². The summed E-state index contributed by atoms with van der Waals surface area (Å²) >= 11 is 3.34. The Bertz CT molecular complexity index is 396. The quantitative estimate of drug-likeness (QED) is 0.895. The first kappa shape index (κ1) is 14.5. The Morgan fingerprint density at radius 1 is 1.53 bits per heavy atom. The number of carbonyl (C=O) groups is 1. The van der Waals surface area contributed by atoms with Gasteiger partial charge in [0.25, 0.3) is 5.91 Å². The van der Waals surface area contributed by atoms with Gasteiger partial charge in [-0.2, -0.15) is 0 Å². The third-order valence-electron chi connectivity index (χ3n) is 2.81. The SMILES string of the molecule is Cl.NC(CNC(=O)c1cccc(Br)c1)C1CC1. The predicted molar refractivity (Wildman–Crippen MR) is 74.4 cm³/mol. The Balaban J connectivity index is 0.00000144. The van der Waals surface area contributed by atoms with Crippen LogP contribution in [0.1, 0.15) is 23.2 Å². The molecule has 17 heavy (non-hydrogen) atoms. The lowest BCUT2D eigenvalue weighted by molar-refractivity contribution is 0.0950. The summed E-state index contributed by atoms with van der Waals surface area (Å²) in [7, 11) is 0. The van der Waals surface area contributed by atoms with E-state index in [9.17, 15) is 4.79 Å². The van der Waals surface area contributed by atoms with E-state index in [1.807, 2.05) is 12.1 Å². The van der Waals surface area contributed by atoms with Crippen LogP contribution in [0.2, 0.25) is 0 Å². The fourth-order valence-electron chi connectivity index (χ4n) is 1.63. The van der Waals surface area contributed by atoms with Crippen molar-refractivity contribution < 1.29 is 4.79 Å². The van der Waals surface area contributed by atoms with E-state index in [1.54, 1.807) is 12.1 Å². The highest BCUT2D eigenvalue weighted by Gasteiger charge is 2.28. The maximum Gasteiger partial charge on any atom is 0.251 e. The zero-order valence-corrected chi connectivity index (χ0v) is 11.8. The summed E-state index contributed by atoms with van der Waals surface area (Å²) in [5, 5.41) is 2.86. The van der Waals surface area contributed by atoms with Crippen LogP contribution < -0.4 is 11.1 Å². The minimum absolute atomic E-state index is 0. The minimum Gasteiger partial charge on any atom is -0.350 e. The molecule has 1 aromatic rings. The normalized spacial score (nSPS) is 15.9. The number of halogens is 2. The van der Waals surface area contributed by atoms with Crippen molar-refractivity contribution in [3.8, 4) is 0 Å². The van der Waals surface area contributed by atoms with Gasteiger partial charge in [0.15, 0.2) is 0 Å². The molecule has 1 saturated carbocycles. The second kappa shape index (κ2) is 6.38. The van der Waals surface area contributed by atoms with Gasteiger partial charge in [0.1, 0.15) is 0 Å². The summed E-state index contributed by atoms with van der Waals surface area (Å²) in [5.41, 5.74) is 6.58. The van der Waals surface area contributed by atoms with Crippen molar-refractivity contribution in [1.82, 2.24) is 5.32 Å². The molecule has 94 valence electrons. The first-order valence-corrected chi connectivity index (χ1v) is 6.25. The van der Waals surface area contributed by atoms with Gasteiger partial charge in [-0.25, -0.2) is 0 Å². The van der Waals surface area contributed by atoms with Crippen LogP contribution in [-0.4, -0.2) is 18.5 Å². The third kappa shape index (κ3) is 4.30. The van der Waals surface area contributed by atoms with Gasteiger partial charge in [0.2, 0.25) is 0 Å². The average Bonchev–Trinajstić information content (AvgIpc) is 3.09. The lowest BCUT2D eigenvalue weighted by Crippen LogP contribution is -2.38. The van der Waals surface area contributed by atoms with Gasteiger partial charge in [-0.1, -0.05) is 22.0 Å². The molecule has 1 aromatic carbocycles. The second-order valence-electron chi connectivity index (χ2n) is 4.22. The molecule has 3 nitrogen and oxygen atoms in total. The van der Waals surface area contributed by atoms with E-state index in [0.29, 0.717) is 18.0 Å². The molecule has 0 bridgehead atoms. The minimum atomic E-state index is -0.0580. The van der Waals surface area contributed by atoms with Gasteiger partial charge in [-0.3, -0.25) is 4.79 Å². The van der Waals surface area contributed by atoms with Crippen LogP contribution in [0.25, 0.3) is 0 Å². The summed E-state index contributed by atoms with van der Waals surface area (Å²) < 4.78 is 0.909. The molecule has 0 aromatic heterocycles. The number of amides is 1. The molecule has 0 radical (unpaired) electrons. The summed E-state index contributed by atoms with van der Waals surface area (Å²) in [5.74, 6) is 0.556. The van der Waals surface area contributed by atoms with Crippen LogP contribution in [0.5, 0.6) is 0 Å². The fraction of sp³-hybridized carbons (Fsp3) is 0.417. The number of nitrogens with one attached hydrogen (secondary N) is 1. The molecule has 1 fully saturated rings. The Labute approximate surface area is 116 Å². The van der Waals surface area contributed by atoms with E-state index < -0.39 is 0 Å². The largest absolute Gasteiger partial charge is 0.350 e. The number of benzene rings is 1. The number of rotatable bonds is 4. The Morgan fingerprint density at radius 2 is 2.24 bits per heavy atom. The Morgan fingerprint density at radius 3 is 2.82 bits per heavy atom. The monoisotopic (exact) mass is 318 g/mol. The lowest BCUT2D eigenvalue weighted by atomic mass is 10.2. The molecular formula is C12H16BrClN2O. The number of hydrogen-bond acceptors (Lipinski definition) is 2. The summed E-state index contributed by atoms with van der Waals surface area (Å²) in [4.78, 5) is 11.8. The fourth-order valence-corrected chi connectivity index (χ4v) is 2.03. The van der Waals surface area contributed by atoms with Crippen LogP contribution in [0.3, 0.4) is 0 Å². The molecule has 0 saturated heterocycles. The summed E-state index contributed by atoms with van der Waals surface area (Å²) in [6, 6.07) is 7.45. The molecule has 1 unspecified atom stereocenters. The van der Waals surface area contributed by atoms with E-state index in [1.165, 1.54) is 12.8 Å². The van der Waals surface area contributed by atoms with Gasteiger partial charge >= 0.3 is 0 Å². The second-order valence-corrected chi connectivity index (χ2v) is 5.14. The van der Waals surface area contributed by atoms with Gasteiger partial charge in [0, 0.05) is 22.6 Å². The Hall–Kier alpha value is -0.580. The molecule has 1 atom stereocenters. The summed E-state index contributed by atoms with van der Waals surface area (Å²) in [6.45, 7) is 0.565. The molecule has 5 heteroatoms. The third-order valence-corrected chi connectivity index (χ3v) is 3.31. The highest BCUT2D eigenvalue weighted by atomic mass is 79.9. The van der Waals surface area contributed by atoms with Crippen LogP contribution in [0.15, 0.2) is 28.7 Å². The standard InChI is InChI=1S/C12H15BrN2O.ClH/c13-10-3-1-2-9(6-10)12(16)15-7-11(14)8-4-5-8;/h1-3,6,8,11H,4-5,7,14H2,(H,15,16);1H. The van der Waals surface area contributed by atoms with Gasteiger partial charge in [-0.05, 0) is 37.0 Å². The molecule has 0 spiro atoms. The van der Waals surface area contributed by atoms with Crippen LogP contribution in [0.4, 0.5) is 0 Å². The van der Waals surface area contributed by atoms with Gasteiger partial charge in [-0.15, -0.1) is 12.4 Å². The molecule has 1 aliphatic rings. The average molecular weight is 320 g/mol. The van der Waals surface area contributed by atoms with Gasteiger partial charge < -0.3 is 11.1 Å². The molecule has 3 N–H and O–H groups in total. The van der Waals surface area contributed by atoms with Gasteiger partial charge in [0.05, 0.1) is 0 Å². The summed E-state index contributed by atoms with van der Waals surface area (Å²) in [6.07, 6.45) is 2.40. The zero-order valence-electron chi connectivity index (χ0n) is 9.36. The molecule has 0 heterocycles.